The van der Waals surface area contributed by atoms with E-state index in [4.69, 9.17) is 4.74 Å². The Hall–Kier alpha value is -6.43. The Balaban J connectivity index is 0.000000123. The lowest BCUT2D eigenvalue weighted by molar-refractivity contribution is -0.117. The van der Waals surface area contributed by atoms with E-state index in [-0.39, 0.29) is 78.5 Å². The molecule has 12 atom stereocenters. The summed E-state index contributed by atoms with van der Waals surface area (Å²) < 4.78 is 11.9. The maximum Gasteiger partial charge on any atom is 0.374 e. The van der Waals surface area contributed by atoms with Gasteiger partial charge in [0.05, 0.1) is 45.9 Å². The van der Waals surface area contributed by atoms with Gasteiger partial charge >= 0.3 is 11.7 Å². The van der Waals surface area contributed by atoms with Gasteiger partial charge in [-0.3, -0.25) is 56.9 Å². The first kappa shape index (κ1) is 71.2. The fraction of sp³-hybridized carbons (Fsp3) is 0.682. The summed E-state index contributed by atoms with van der Waals surface area (Å²) in [6, 6.07) is 27.1. The van der Waals surface area contributed by atoms with Crippen molar-refractivity contribution in [1.82, 2.24) is 42.9 Å². The van der Waals surface area contributed by atoms with Crippen molar-refractivity contribution < 1.29 is 19.1 Å². The van der Waals surface area contributed by atoms with E-state index in [1.807, 2.05) is 54.6 Å². The summed E-state index contributed by atoms with van der Waals surface area (Å²) in [6.45, 7) is 5.13. The molecule has 12 aliphatic rings. The molecule has 12 fully saturated rings. The highest BCUT2D eigenvalue weighted by atomic mass is 16.5. The topological polar surface area (TPSA) is 184 Å². The molecule has 102 heavy (non-hydrogen) atoms. The Kier molecular flexibility index (Phi) is 21.3. The predicted octanol–water partition coefficient (Wildman–Crippen LogP) is 15.5. The number of aromatic nitrogens is 6. The second-order valence-corrected chi connectivity index (χ2v) is 34.2. The van der Waals surface area contributed by atoms with E-state index < -0.39 is 5.97 Å². The average Bonchev–Trinajstić information content (AvgIpc) is 0.776. The SMILES string of the molecule is C.CC(=O)Cn1c(=O)n(C2CC3CCCC(C2)N3C2CC3CCCCC(C3)C2)c(=O)c2ccccc21.CC(=O)c1nc2ccccc2c(=O)n1C1CC2CCCC(C1)N2C1CC2CCCC(C2)C1.CCOC(=O)c1nc2ccccc2c(=O)n1C1CC2CCCC(C1)N2C1CC2CCCC(C2)C1. The number of nitrogens with zero attached hydrogens (tertiary/aromatic N) is 9. The van der Waals surface area contributed by atoms with Crippen molar-refractivity contribution in [3.8, 4) is 0 Å². The van der Waals surface area contributed by atoms with Gasteiger partial charge in [-0.05, 0) is 221 Å². The molecular formula is C85H115N9O8. The summed E-state index contributed by atoms with van der Waals surface area (Å²) in [6.07, 6.45) is 43.2. The molecule has 12 bridgehead atoms. The zero-order valence-corrected chi connectivity index (χ0v) is 60.6. The van der Waals surface area contributed by atoms with Gasteiger partial charge in [0, 0.05) is 79.4 Å². The zero-order valence-electron chi connectivity index (χ0n) is 60.6. The fourth-order valence-electron chi connectivity index (χ4n) is 24.2. The summed E-state index contributed by atoms with van der Waals surface area (Å²) in [5.41, 5.74) is 1.12. The third-order valence-corrected chi connectivity index (χ3v) is 27.8. The Bertz CT molecular complexity index is 4230. The molecule has 0 radical (unpaired) electrons. The standard InChI is InChI=1S/C29H39N3O3.C28H37N3O3.C27H35N3O2.CH4/c1-19(33)18-30-27-12-5-4-11-26(27)28(34)32(29(30)35)25-16-22-9-6-10-23(17-25)31(22)24-14-20-7-2-3-8-21(13-20)15-24;1-2-34-28(33)26-29-25-12-4-3-11-24(25)27(32)31(26)23-16-20-9-6-10-21(17-23)30(20)22-14-18-7-5-8-19(13-18)15-22;1-17(31)26-28-25-11-3-2-10-24(25)27(32)30(26)23-15-20-8-5-9-21(16-23)29(20)22-13-18-6-4-7-19(12-18)14-22;/h4-5,11-12,20-25H,2-3,6-10,13-18H2,1H3;3-4,11-12,18-23H,2,5-10,13-17H2,1H3;2-3,10-11,18-23H,4-9,12-16H2,1H3;1H4. The van der Waals surface area contributed by atoms with Crippen LogP contribution in [0.25, 0.3) is 32.7 Å². The van der Waals surface area contributed by atoms with Crippen molar-refractivity contribution in [2.75, 3.05) is 6.61 Å². The number of hydrogen-bond donors (Lipinski definition) is 0. The molecule has 17 nitrogen and oxygen atoms in total. The van der Waals surface area contributed by atoms with E-state index in [0.29, 0.717) is 86.9 Å². The van der Waals surface area contributed by atoms with Gasteiger partial charge in [-0.2, -0.15) is 0 Å². The van der Waals surface area contributed by atoms with E-state index in [2.05, 4.69) is 24.7 Å². The number of para-hydroxylation sites is 3. The van der Waals surface area contributed by atoms with Gasteiger partial charge in [-0.25, -0.2) is 19.6 Å². The largest absolute Gasteiger partial charge is 0.460 e. The maximum atomic E-state index is 13.7. The molecule has 0 N–H and O–H groups in total. The number of piperidine rings is 6. The number of ketones is 2. The van der Waals surface area contributed by atoms with Gasteiger partial charge in [-0.15, -0.1) is 0 Å². The van der Waals surface area contributed by atoms with Crippen molar-refractivity contribution in [1.29, 1.82) is 0 Å². The highest BCUT2D eigenvalue weighted by Crippen LogP contribution is 2.51. The van der Waals surface area contributed by atoms with Crippen molar-refractivity contribution in [2.24, 2.45) is 35.5 Å². The van der Waals surface area contributed by atoms with Crippen LogP contribution in [-0.4, -0.2) is 121 Å². The van der Waals surface area contributed by atoms with Gasteiger partial charge in [0.2, 0.25) is 5.82 Å². The van der Waals surface area contributed by atoms with Gasteiger partial charge in [-0.1, -0.05) is 127 Å². The molecule has 18 rings (SSSR count). The van der Waals surface area contributed by atoms with Crippen LogP contribution in [0.2, 0.25) is 0 Å². The average molecular weight is 1390 g/mol. The molecule has 3 aromatic carbocycles. The molecule has 0 amide bonds. The second kappa shape index (κ2) is 30.6. The van der Waals surface area contributed by atoms with E-state index in [9.17, 15) is 33.6 Å². The molecule has 0 spiro atoms. The van der Waals surface area contributed by atoms with Crippen LogP contribution in [0.15, 0.2) is 92.0 Å². The number of carbonyl (C=O) groups excluding carboxylic acids is 3. The van der Waals surface area contributed by atoms with Crippen molar-refractivity contribution >= 4 is 50.2 Å². The van der Waals surface area contributed by atoms with E-state index >= 15 is 0 Å². The first-order valence-corrected chi connectivity index (χ1v) is 40.5. The highest BCUT2D eigenvalue weighted by Gasteiger charge is 2.50. The monoisotopic (exact) mass is 1390 g/mol. The van der Waals surface area contributed by atoms with Gasteiger partial charge in [0.25, 0.3) is 16.7 Å². The van der Waals surface area contributed by atoms with Gasteiger partial charge in [0.15, 0.2) is 11.6 Å². The first-order chi connectivity index (χ1) is 49.2. The number of esters is 1. The van der Waals surface area contributed by atoms with Crippen molar-refractivity contribution in [3.05, 3.63) is 126 Å². The van der Waals surface area contributed by atoms with Crippen LogP contribution in [-0.2, 0) is 16.1 Å². The van der Waals surface area contributed by atoms with E-state index in [1.165, 1.54) is 196 Å². The number of Topliss-reactive ketones (excluding diaryl/α,β-unsaturated/α-hetero) is 2. The number of carbonyl (C=O) groups is 3. The lowest BCUT2D eigenvalue weighted by atomic mass is 9.68. The molecule has 17 heteroatoms. The number of fused-ring (bicyclic) bond motifs is 15. The van der Waals surface area contributed by atoms with Crippen LogP contribution in [0, 0.1) is 35.5 Å². The third-order valence-electron chi connectivity index (χ3n) is 27.8. The van der Waals surface area contributed by atoms with Gasteiger partial charge in [0.1, 0.15) is 5.78 Å². The lowest BCUT2D eigenvalue weighted by Crippen LogP contribution is -2.59. The quantitative estimate of drug-likeness (QED) is 0.0882. The molecule has 9 heterocycles. The molecule has 6 saturated carbocycles. The molecule has 3 aromatic heterocycles. The Morgan fingerprint density at radius 1 is 0.382 bits per heavy atom. The maximum absolute atomic E-state index is 13.7. The van der Waals surface area contributed by atoms with Gasteiger partial charge < -0.3 is 4.74 Å². The fourth-order valence-corrected chi connectivity index (χ4v) is 24.2. The van der Waals surface area contributed by atoms with Crippen LogP contribution in [0.4, 0.5) is 0 Å². The summed E-state index contributed by atoms with van der Waals surface area (Å²) in [5.74, 6) is 5.32. The summed E-state index contributed by atoms with van der Waals surface area (Å²) in [7, 11) is 0. The van der Waals surface area contributed by atoms with Crippen LogP contribution in [0.3, 0.4) is 0 Å². The summed E-state index contributed by atoms with van der Waals surface area (Å²) in [5, 5.41) is 1.76. The number of ether oxygens (including phenoxy) is 1. The minimum Gasteiger partial charge on any atom is -0.460 e. The highest BCUT2D eigenvalue weighted by molar-refractivity contribution is 5.93. The molecule has 6 aliphatic heterocycles. The Morgan fingerprint density at radius 2 is 0.716 bits per heavy atom. The predicted molar refractivity (Wildman–Crippen MR) is 402 cm³/mol. The number of rotatable bonds is 11. The minimum atomic E-state index is -0.488. The van der Waals surface area contributed by atoms with E-state index in [1.54, 1.807) is 41.2 Å². The van der Waals surface area contributed by atoms with E-state index in [0.717, 1.165) is 80.1 Å². The van der Waals surface area contributed by atoms with Crippen molar-refractivity contribution in [3.63, 3.8) is 0 Å². The van der Waals surface area contributed by atoms with Crippen LogP contribution >= 0.6 is 0 Å². The Labute approximate surface area is 602 Å². The molecule has 548 valence electrons. The number of benzene rings is 3. The van der Waals surface area contributed by atoms with Crippen LogP contribution < -0.4 is 22.4 Å². The first-order valence-electron chi connectivity index (χ1n) is 40.5. The molecule has 6 aromatic rings. The smallest absolute Gasteiger partial charge is 0.374 e. The minimum absolute atomic E-state index is 0. The summed E-state index contributed by atoms with van der Waals surface area (Å²) in [4.78, 5) is 110. The zero-order chi connectivity index (χ0) is 69.2. The lowest BCUT2D eigenvalue weighted by Gasteiger charge is -2.55. The Morgan fingerprint density at radius 3 is 1.11 bits per heavy atom. The van der Waals surface area contributed by atoms with Crippen LogP contribution in [0.5, 0.6) is 0 Å². The second-order valence-electron chi connectivity index (χ2n) is 34.2. The molecule has 6 saturated heterocycles. The normalized spacial score (nSPS) is 33.6. The van der Waals surface area contributed by atoms with Crippen LogP contribution in [0.1, 0.15) is 286 Å². The molecule has 6 aliphatic carbocycles. The molecular weight excluding hydrogens is 1270 g/mol. The third kappa shape index (κ3) is 14.1. The number of hydrogen-bond acceptors (Lipinski definition) is 13. The van der Waals surface area contributed by atoms with Crippen molar-refractivity contribution in [2.45, 2.75) is 326 Å². The summed E-state index contributed by atoms with van der Waals surface area (Å²) >= 11 is 0. The molecule has 12 unspecified atom stereocenters.